The van der Waals surface area contributed by atoms with Crippen LogP contribution in [0.1, 0.15) is 59.4 Å². The van der Waals surface area contributed by atoms with Gasteiger partial charge in [0, 0.05) is 25.0 Å². The first-order valence-corrected chi connectivity index (χ1v) is 15.5. The summed E-state index contributed by atoms with van der Waals surface area (Å²) >= 11 is 12.3. The zero-order valence-electron chi connectivity index (χ0n) is 23.5. The van der Waals surface area contributed by atoms with Crippen molar-refractivity contribution < 1.29 is 22.7 Å². The van der Waals surface area contributed by atoms with Crippen molar-refractivity contribution in [3.05, 3.63) is 58.1 Å². The number of carbonyl (C=O) groups is 2. The van der Waals surface area contributed by atoms with Gasteiger partial charge in [0.05, 0.1) is 28.6 Å². The molecular weight excluding hydrogens is 561 g/mol. The summed E-state index contributed by atoms with van der Waals surface area (Å²) in [7, 11) is -3.60. The van der Waals surface area contributed by atoms with Crippen LogP contribution in [0.15, 0.2) is 42.5 Å². The lowest BCUT2D eigenvalue weighted by atomic mass is 10.0. The van der Waals surface area contributed by atoms with Crippen LogP contribution in [0.4, 0.5) is 5.69 Å². The fraction of sp³-hybridized carbons (Fsp3) is 0.500. The Morgan fingerprint density at radius 2 is 1.67 bits per heavy atom. The summed E-state index contributed by atoms with van der Waals surface area (Å²) in [6.45, 7) is 10.1. The summed E-state index contributed by atoms with van der Waals surface area (Å²) < 4.78 is 31.8. The van der Waals surface area contributed by atoms with Crippen LogP contribution in [-0.2, 0) is 26.2 Å². The van der Waals surface area contributed by atoms with E-state index < -0.39 is 21.6 Å². The topological polar surface area (TPSA) is 96.0 Å². The molecule has 1 N–H and O–H groups in total. The van der Waals surface area contributed by atoms with E-state index in [0.29, 0.717) is 34.5 Å². The van der Waals surface area contributed by atoms with Crippen molar-refractivity contribution in [1.82, 2.24) is 10.2 Å². The van der Waals surface area contributed by atoms with E-state index in [1.807, 2.05) is 34.6 Å². The average molecular weight is 601 g/mol. The minimum absolute atomic E-state index is 0.0453. The first kappa shape index (κ1) is 32.7. The Morgan fingerprint density at radius 3 is 2.18 bits per heavy atom. The highest BCUT2D eigenvalue weighted by Crippen LogP contribution is 2.25. The average Bonchev–Trinajstić information content (AvgIpc) is 2.83. The Kier molecular flexibility index (Phi) is 11.9. The minimum Gasteiger partial charge on any atom is -0.494 e. The highest BCUT2D eigenvalue weighted by Gasteiger charge is 2.31. The molecule has 1 unspecified atom stereocenters. The molecule has 11 heteroatoms. The molecule has 0 aliphatic rings. The quantitative estimate of drug-likeness (QED) is 0.320. The number of rotatable bonds is 13. The first-order chi connectivity index (χ1) is 18.2. The number of ether oxygens (including phenoxy) is 1. The van der Waals surface area contributed by atoms with Crippen molar-refractivity contribution in [2.24, 2.45) is 0 Å². The van der Waals surface area contributed by atoms with Gasteiger partial charge in [0.25, 0.3) is 0 Å². The number of nitrogens with one attached hydrogen (secondary N) is 1. The molecule has 216 valence electrons. The lowest BCUT2D eigenvalue weighted by Crippen LogP contribution is -2.53. The maximum absolute atomic E-state index is 13.6. The van der Waals surface area contributed by atoms with E-state index in [1.165, 1.54) is 9.21 Å². The number of sulfonamides is 1. The molecule has 2 aromatic carbocycles. The second kappa shape index (κ2) is 14.2. The molecular formula is C28H39Cl2N3O5S. The van der Waals surface area contributed by atoms with Gasteiger partial charge in [-0.3, -0.25) is 13.9 Å². The lowest BCUT2D eigenvalue weighted by molar-refractivity contribution is -0.142. The number of benzene rings is 2. The molecule has 8 nitrogen and oxygen atoms in total. The number of amides is 2. The number of halogens is 2. The maximum atomic E-state index is 13.6. The normalized spacial score (nSPS) is 12.5. The monoisotopic (exact) mass is 599 g/mol. The Bertz CT molecular complexity index is 1230. The third kappa shape index (κ3) is 10.2. The molecule has 0 bridgehead atoms. The SMILES string of the molecule is CCOc1ccc(N(CCCC(=O)N(Cc2ccc(Cl)c(Cl)c2)C(CC)C(=O)NC(C)(C)C)S(C)(=O)=O)cc1. The molecule has 0 aliphatic carbocycles. The largest absolute Gasteiger partial charge is 0.494 e. The summed E-state index contributed by atoms with van der Waals surface area (Å²) in [5.74, 6) is 0.115. The Labute approximate surface area is 242 Å². The van der Waals surface area contributed by atoms with Gasteiger partial charge in [-0.25, -0.2) is 8.42 Å². The summed E-state index contributed by atoms with van der Waals surface area (Å²) in [5, 5.41) is 3.71. The third-order valence-corrected chi connectivity index (χ3v) is 7.74. The van der Waals surface area contributed by atoms with Crippen LogP contribution in [-0.4, -0.2) is 56.1 Å². The summed E-state index contributed by atoms with van der Waals surface area (Å²) in [4.78, 5) is 28.3. The van der Waals surface area contributed by atoms with Crippen LogP contribution >= 0.6 is 23.2 Å². The Morgan fingerprint density at radius 1 is 1.03 bits per heavy atom. The highest BCUT2D eigenvalue weighted by molar-refractivity contribution is 7.92. The van der Waals surface area contributed by atoms with Gasteiger partial charge >= 0.3 is 0 Å². The van der Waals surface area contributed by atoms with Gasteiger partial charge in [0.15, 0.2) is 0 Å². The van der Waals surface area contributed by atoms with Crippen molar-refractivity contribution >= 4 is 50.7 Å². The Balaban J connectivity index is 2.25. The number of hydrogen-bond acceptors (Lipinski definition) is 5. The Hall–Kier alpha value is -2.49. The molecule has 2 amide bonds. The van der Waals surface area contributed by atoms with Gasteiger partial charge in [0.1, 0.15) is 11.8 Å². The zero-order valence-corrected chi connectivity index (χ0v) is 25.8. The van der Waals surface area contributed by atoms with Crippen LogP contribution in [0.2, 0.25) is 10.0 Å². The summed E-state index contributed by atoms with van der Waals surface area (Å²) in [6.07, 6.45) is 1.83. The van der Waals surface area contributed by atoms with E-state index in [9.17, 15) is 18.0 Å². The fourth-order valence-corrected chi connectivity index (χ4v) is 5.37. The molecule has 0 spiro atoms. The van der Waals surface area contributed by atoms with Crippen molar-refractivity contribution in [3.63, 3.8) is 0 Å². The molecule has 1 atom stereocenters. The van der Waals surface area contributed by atoms with E-state index in [4.69, 9.17) is 27.9 Å². The predicted molar refractivity (Wildman–Crippen MR) is 158 cm³/mol. The van der Waals surface area contributed by atoms with Gasteiger partial charge in [-0.1, -0.05) is 36.2 Å². The smallest absolute Gasteiger partial charge is 0.243 e. The molecule has 0 saturated heterocycles. The minimum atomic E-state index is -3.60. The van der Waals surface area contributed by atoms with Gasteiger partial charge in [-0.15, -0.1) is 0 Å². The highest BCUT2D eigenvalue weighted by atomic mass is 35.5. The van der Waals surface area contributed by atoms with Gasteiger partial charge in [-0.05, 0) is 82.5 Å². The van der Waals surface area contributed by atoms with Crippen molar-refractivity contribution in [1.29, 1.82) is 0 Å². The predicted octanol–water partition coefficient (Wildman–Crippen LogP) is 5.66. The number of nitrogens with zero attached hydrogens (tertiary/aromatic N) is 2. The van der Waals surface area contributed by atoms with Gasteiger partial charge in [-0.2, -0.15) is 0 Å². The van der Waals surface area contributed by atoms with Gasteiger partial charge < -0.3 is 15.0 Å². The summed E-state index contributed by atoms with van der Waals surface area (Å²) in [5.41, 5.74) is 0.736. The van der Waals surface area contributed by atoms with E-state index in [2.05, 4.69) is 5.32 Å². The van der Waals surface area contributed by atoms with Crippen LogP contribution in [0.5, 0.6) is 5.75 Å². The van der Waals surface area contributed by atoms with E-state index in [1.54, 1.807) is 42.5 Å². The molecule has 0 fully saturated rings. The molecule has 0 aromatic heterocycles. The lowest BCUT2D eigenvalue weighted by Gasteiger charge is -2.33. The van der Waals surface area contributed by atoms with E-state index >= 15 is 0 Å². The molecule has 0 aliphatic heterocycles. The fourth-order valence-electron chi connectivity index (χ4n) is 4.09. The van der Waals surface area contributed by atoms with Crippen LogP contribution in [0.3, 0.4) is 0 Å². The standard InChI is InChI=1S/C28H39Cl2N3O5S/c1-7-25(27(35)31-28(3,4)5)32(19-20-11-16-23(29)24(30)18-20)26(34)10-9-17-33(39(6,36)37)21-12-14-22(15-13-21)38-8-2/h11-16,18,25H,7-10,17,19H2,1-6H3,(H,31,35). The second-order valence-corrected chi connectivity index (χ2v) is 13.0. The zero-order chi connectivity index (χ0) is 29.4. The summed E-state index contributed by atoms with van der Waals surface area (Å²) in [6, 6.07) is 11.1. The molecule has 39 heavy (non-hydrogen) atoms. The van der Waals surface area contributed by atoms with Crippen molar-refractivity contribution in [3.8, 4) is 5.75 Å². The molecule has 0 heterocycles. The molecule has 0 radical (unpaired) electrons. The third-order valence-electron chi connectivity index (χ3n) is 5.81. The van der Waals surface area contributed by atoms with Crippen LogP contribution < -0.4 is 14.4 Å². The number of hydrogen-bond donors (Lipinski definition) is 1. The van der Waals surface area contributed by atoms with Crippen LogP contribution in [0, 0.1) is 0 Å². The first-order valence-electron chi connectivity index (χ1n) is 12.9. The van der Waals surface area contributed by atoms with Crippen LogP contribution in [0.25, 0.3) is 0 Å². The molecule has 2 aromatic rings. The second-order valence-electron chi connectivity index (χ2n) is 10.3. The maximum Gasteiger partial charge on any atom is 0.243 e. The van der Waals surface area contributed by atoms with Crippen molar-refractivity contribution in [2.45, 2.75) is 72.0 Å². The van der Waals surface area contributed by atoms with E-state index in [-0.39, 0.29) is 37.7 Å². The molecule has 2 rings (SSSR count). The van der Waals surface area contributed by atoms with Crippen molar-refractivity contribution in [2.75, 3.05) is 23.7 Å². The molecule has 0 saturated carbocycles. The van der Waals surface area contributed by atoms with Gasteiger partial charge in [0.2, 0.25) is 21.8 Å². The van der Waals surface area contributed by atoms with E-state index in [0.717, 1.165) is 11.8 Å². The number of carbonyl (C=O) groups excluding carboxylic acids is 2. The number of anilines is 1.